The van der Waals surface area contributed by atoms with Gasteiger partial charge in [0.25, 0.3) is 5.56 Å². The van der Waals surface area contributed by atoms with Gasteiger partial charge in [0.15, 0.2) is 11.2 Å². The number of hydrogen-bond donors (Lipinski definition) is 1. The van der Waals surface area contributed by atoms with E-state index in [0.717, 1.165) is 12.8 Å². The number of rotatable bonds is 16. The number of nitrogens with zero attached hydrogens (tertiary/aromatic N) is 3. The predicted molar refractivity (Wildman–Crippen MR) is 118 cm³/mol. The molecule has 0 fully saturated rings. The van der Waals surface area contributed by atoms with Crippen LogP contribution in [0.1, 0.15) is 116 Å². The summed E-state index contributed by atoms with van der Waals surface area (Å²) >= 11 is 0. The van der Waals surface area contributed by atoms with Gasteiger partial charge in [-0.2, -0.15) is 0 Å². The predicted octanol–water partition coefficient (Wildman–Crippen LogP) is 6.55. The largest absolute Gasteiger partial charge is 0.339 e. The summed E-state index contributed by atoms with van der Waals surface area (Å²) in [5, 5.41) is 0. The molecule has 1 unspecified atom stereocenters. The lowest BCUT2D eigenvalue weighted by Crippen LogP contribution is -2.25. The molecule has 28 heavy (non-hydrogen) atoms. The van der Waals surface area contributed by atoms with Crippen molar-refractivity contribution in [1.82, 2.24) is 19.5 Å². The third kappa shape index (κ3) is 7.40. The Morgan fingerprint density at radius 2 is 1.36 bits per heavy atom. The molecular weight excluding hydrogens is 348 g/mol. The molecule has 158 valence electrons. The smallest absolute Gasteiger partial charge is 0.279 e. The van der Waals surface area contributed by atoms with Gasteiger partial charge in [0.1, 0.15) is 6.33 Å². The first-order valence-electron chi connectivity index (χ1n) is 11.7. The molecule has 1 N–H and O–H groups in total. The minimum Gasteiger partial charge on any atom is -0.339 e. The Morgan fingerprint density at radius 3 is 1.93 bits per heavy atom. The first kappa shape index (κ1) is 22.6. The molecule has 0 aliphatic rings. The van der Waals surface area contributed by atoms with E-state index in [4.69, 9.17) is 0 Å². The monoisotopic (exact) mass is 388 g/mol. The fourth-order valence-electron chi connectivity index (χ4n) is 4.02. The van der Waals surface area contributed by atoms with Gasteiger partial charge in [-0.3, -0.25) is 9.36 Å². The molecule has 0 saturated carbocycles. The van der Waals surface area contributed by atoms with Crippen LogP contribution in [0.5, 0.6) is 0 Å². The quantitative estimate of drug-likeness (QED) is 0.331. The zero-order valence-corrected chi connectivity index (χ0v) is 18.1. The van der Waals surface area contributed by atoms with Gasteiger partial charge >= 0.3 is 0 Å². The number of aromatic amines is 1. The summed E-state index contributed by atoms with van der Waals surface area (Å²) < 4.78 is 1.86. The summed E-state index contributed by atoms with van der Waals surface area (Å²) in [6.45, 7) is 4.51. The molecule has 2 aromatic rings. The second kappa shape index (κ2) is 13.5. The van der Waals surface area contributed by atoms with E-state index in [0.29, 0.717) is 11.2 Å². The fourth-order valence-corrected chi connectivity index (χ4v) is 4.02. The van der Waals surface area contributed by atoms with Crippen molar-refractivity contribution in [2.24, 2.45) is 0 Å². The Bertz CT molecular complexity index is 706. The minimum atomic E-state index is 0.0284. The van der Waals surface area contributed by atoms with Crippen molar-refractivity contribution in [3.8, 4) is 0 Å². The molecule has 0 aliphatic heterocycles. The van der Waals surface area contributed by atoms with E-state index in [1.165, 1.54) is 83.5 Å². The van der Waals surface area contributed by atoms with E-state index >= 15 is 0 Å². The van der Waals surface area contributed by atoms with Crippen LogP contribution in [-0.4, -0.2) is 19.5 Å². The van der Waals surface area contributed by atoms with Gasteiger partial charge in [-0.15, -0.1) is 0 Å². The lowest BCUT2D eigenvalue weighted by Gasteiger charge is -2.19. The van der Waals surface area contributed by atoms with Crippen LogP contribution in [0, 0.1) is 0 Å². The Hall–Kier alpha value is -1.65. The maximum Gasteiger partial charge on any atom is 0.279 e. The van der Waals surface area contributed by atoms with Crippen LogP contribution in [0.2, 0.25) is 0 Å². The second-order valence-corrected chi connectivity index (χ2v) is 8.18. The van der Waals surface area contributed by atoms with Crippen molar-refractivity contribution < 1.29 is 0 Å². The lowest BCUT2D eigenvalue weighted by molar-refractivity contribution is 0.384. The maximum atomic E-state index is 12.9. The minimum absolute atomic E-state index is 0.0284. The van der Waals surface area contributed by atoms with Crippen molar-refractivity contribution in [3.63, 3.8) is 0 Å². The van der Waals surface area contributed by atoms with Gasteiger partial charge < -0.3 is 4.98 Å². The highest BCUT2D eigenvalue weighted by Gasteiger charge is 2.15. The highest BCUT2D eigenvalue weighted by molar-refractivity contribution is 5.67. The van der Waals surface area contributed by atoms with Crippen molar-refractivity contribution in [2.45, 2.75) is 116 Å². The van der Waals surface area contributed by atoms with Crippen molar-refractivity contribution in [3.05, 3.63) is 23.0 Å². The molecule has 5 nitrogen and oxygen atoms in total. The normalized spacial score (nSPS) is 12.6. The molecule has 0 amide bonds. The SMILES string of the molecule is CCCCCCCCCCC(CCCCCCC)n1cnc2nc[nH]c2c1=O. The topological polar surface area (TPSA) is 63.6 Å². The van der Waals surface area contributed by atoms with Crippen LogP contribution in [0.25, 0.3) is 11.2 Å². The Labute approximate surface area is 170 Å². The van der Waals surface area contributed by atoms with Gasteiger partial charge in [-0.25, -0.2) is 9.97 Å². The molecule has 0 aromatic carbocycles. The molecule has 0 saturated heterocycles. The number of fused-ring (bicyclic) bond motifs is 1. The van der Waals surface area contributed by atoms with Crippen molar-refractivity contribution in [2.75, 3.05) is 0 Å². The summed E-state index contributed by atoms with van der Waals surface area (Å²) in [5.41, 5.74) is 1.09. The van der Waals surface area contributed by atoms with Crippen LogP contribution in [0.3, 0.4) is 0 Å². The summed E-state index contributed by atoms with van der Waals surface area (Å²) in [7, 11) is 0. The zero-order valence-electron chi connectivity index (χ0n) is 18.1. The molecular formula is C23H40N4O. The highest BCUT2D eigenvalue weighted by atomic mass is 16.1. The zero-order chi connectivity index (χ0) is 20.0. The lowest BCUT2D eigenvalue weighted by atomic mass is 9.99. The van der Waals surface area contributed by atoms with Gasteiger partial charge in [0, 0.05) is 6.04 Å². The summed E-state index contributed by atoms with van der Waals surface area (Å²) in [4.78, 5) is 24.3. The van der Waals surface area contributed by atoms with Gasteiger partial charge in [0.2, 0.25) is 0 Å². The van der Waals surface area contributed by atoms with Crippen LogP contribution < -0.4 is 5.56 Å². The van der Waals surface area contributed by atoms with Crippen LogP contribution in [-0.2, 0) is 0 Å². The third-order valence-corrected chi connectivity index (χ3v) is 5.80. The van der Waals surface area contributed by atoms with E-state index < -0.39 is 0 Å². The molecule has 2 aromatic heterocycles. The Balaban J connectivity index is 1.87. The number of aromatic nitrogens is 4. The Morgan fingerprint density at radius 1 is 0.821 bits per heavy atom. The molecule has 2 heterocycles. The number of hydrogen-bond acceptors (Lipinski definition) is 3. The van der Waals surface area contributed by atoms with Gasteiger partial charge in [0.05, 0.1) is 6.33 Å². The third-order valence-electron chi connectivity index (χ3n) is 5.80. The van der Waals surface area contributed by atoms with Crippen molar-refractivity contribution >= 4 is 11.2 Å². The molecule has 2 rings (SSSR count). The summed E-state index contributed by atoms with van der Waals surface area (Å²) in [6, 6.07) is 0.259. The molecule has 0 radical (unpaired) electrons. The van der Waals surface area contributed by atoms with Gasteiger partial charge in [-0.05, 0) is 12.8 Å². The van der Waals surface area contributed by atoms with E-state index in [-0.39, 0.29) is 11.6 Å². The molecule has 0 aliphatic carbocycles. The summed E-state index contributed by atoms with van der Waals surface area (Å²) in [5.74, 6) is 0. The number of unbranched alkanes of at least 4 members (excludes halogenated alkanes) is 11. The highest BCUT2D eigenvalue weighted by Crippen LogP contribution is 2.23. The second-order valence-electron chi connectivity index (χ2n) is 8.18. The first-order valence-corrected chi connectivity index (χ1v) is 11.7. The van der Waals surface area contributed by atoms with Crippen LogP contribution in [0.15, 0.2) is 17.4 Å². The average Bonchev–Trinajstić information content (AvgIpc) is 3.18. The van der Waals surface area contributed by atoms with E-state index in [2.05, 4.69) is 28.8 Å². The standard InChI is InChI=1S/C23H40N4O/c1-3-5-7-9-10-11-13-15-17-20(16-14-12-8-6-4-2)27-19-26-22-21(23(27)28)24-18-25-22/h18-20H,3-17H2,1-2H3,(H,24,25). The molecule has 5 heteroatoms. The van der Waals surface area contributed by atoms with E-state index in [9.17, 15) is 4.79 Å². The van der Waals surface area contributed by atoms with Crippen molar-refractivity contribution in [1.29, 1.82) is 0 Å². The van der Waals surface area contributed by atoms with E-state index in [1.54, 1.807) is 12.7 Å². The van der Waals surface area contributed by atoms with Crippen LogP contribution >= 0.6 is 0 Å². The van der Waals surface area contributed by atoms with Gasteiger partial charge in [-0.1, -0.05) is 97.3 Å². The Kier molecular flexibility index (Phi) is 10.9. The first-order chi connectivity index (χ1) is 13.8. The van der Waals surface area contributed by atoms with E-state index in [1.807, 2.05) is 4.57 Å². The summed E-state index contributed by atoms with van der Waals surface area (Å²) in [6.07, 6.45) is 22.3. The number of imidazole rings is 1. The number of nitrogens with one attached hydrogen (secondary N) is 1. The average molecular weight is 389 g/mol. The van der Waals surface area contributed by atoms with Crippen LogP contribution in [0.4, 0.5) is 0 Å². The molecule has 0 spiro atoms. The maximum absolute atomic E-state index is 12.9. The fraction of sp³-hybridized carbons (Fsp3) is 0.783. The molecule has 0 bridgehead atoms. The number of H-pyrrole nitrogens is 1. The molecule has 1 atom stereocenters.